The molecule has 0 aliphatic heterocycles. The van der Waals surface area contributed by atoms with Gasteiger partial charge in [0.2, 0.25) is 10.0 Å². The maximum atomic E-state index is 13.2. The summed E-state index contributed by atoms with van der Waals surface area (Å²) in [5, 5.41) is 0. The van der Waals surface area contributed by atoms with E-state index in [4.69, 9.17) is 5.73 Å². The van der Waals surface area contributed by atoms with Crippen molar-refractivity contribution >= 4 is 31.6 Å². The number of nitrogens with two attached hydrogens (primary N) is 1. The molecule has 0 fully saturated rings. The van der Waals surface area contributed by atoms with Crippen molar-refractivity contribution in [2.24, 2.45) is 5.92 Å². The normalized spacial score (nSPS) is 13.6. The van der Waals surface area contributed by atoms with E-state index in [2.05, 4.69) is 20.7 Å². The molecule has 0 aliphatic carbocycles. The second-order valence-electron chi connectivity index (χ2n) is 4.17. The molecule has 7 heteroatoms. The number of anilines is 1. The van der Waals surface area contributed by atoms with Crippen LogP contribution in [0.1, 0.15) is 20.3 Å². The lowest BCUT2D eigenvalue weighted by molar-refractivity contribution is 0.528. The first-order chi connectivity index (χ1) is 8.27. The van der Waals surface area contributed by atoms with E-state index in [-0.39, 0.29) is 21.0 Å². The molecule has 3 N–H and O–H groups in total. The Hall–Kier alpha value is -0.660. The van der Waals surface area contributed by atoms with Gasteiger partial charge in [0, 0.05) is 6.54 Å². The van der Waals surface area contributed by atoms with E-state index >= 15 is 0 Å². The number of hydrogen-bond acceptors (Lipinski definition) is 3. The van der Waals surface area contributed by atoms with Gasteiger partial charge in [0.25, 0.3) is 0 Å². The molecule has 1 aromatic rings. The summed E-state index contributed by atoms with van der Waals surface area (Å²) in [5.74, 6) is -0.363. The van der Waals surface area contributed by atoms with E-state index in [0.29, 0.717) is 6.54 Å². The zero-order chi connectivity index (χ0) is 13.9. The van der Waals surface area contributed by atoms with Gasteiger partial charge < -0.3 is 5.73 Å². The zero-order valence-corrected chi connectivity index (χ0v) is 12.6. The van der Waals surface area contributed by atoms with Crippen LogP contribution >= 0.6 is 15.9 Å². The van der Waals surface area contributed by atoms with Crippen LogP contribution in [-0.2, 0) is 10.0 Å². The summed E-state index contributed by atoms with van der Waals surface area (Å²) in [6.07, 6.45) is 0.866. The number of sulfonamides is 1. The number of halogens is 2. The van der Waals surface area contributed by atoms with Crippen LogP contribution in [-0.4, -0.2) is 15.0 Å². The summed E-state index contributed by atoms with van der Waals surface area (Å²) in [6, 6.07) is 2.16. The first-order valence-electron chi connectivity index (χ1n) is 5.52. The van der Waals surface area contributed by atoms with Gasteiger partial charge in [-0.15, -0.1) is 0 Å². The van der Waals surface area contributed by atoms with E-state index in [1.165, 1.54) is 6.07 Å². The predicted octanol–water partition coefficient (Wildman–Crippen LogP) is 2.49. The van der Waals surface area contributed by atoms with Crippen LogP contribution in [0.25, 0.3) is 0 Å². The average molecular weight is 339 g/mol. The zero-order valence-electron chi connectivity index (χ0n) is 10.2. The Bertz CT molecular complexity index is 534. The van der Waals surface area contributed by atoms with Gasteiger partial charge in [0.05, 0.1) is 10.2 Å². The Balaban J connectivity index is 3.02. The van der Waals surface area contributed by atoms with Gasteiger partial charge in [0.1, 0.15) is 10.7 Å². The fourth-order valence-electron chi connectivity index (χ4n) is 1.25. The van der Waals surface area contributed by atoms with Crippen LogP contribution in [0, 0.1) is 11.7 Å². The third-order valence-electron chi connectivity index (χ3n) is 2.66. The predicted molar refractivity (Wildman–Crippen MR) is 73.2 cm³/mol. The highest BCUT2D eigenvalue weighted by Gasteiger charge is 2.19. The van der Waals surface area contributed by atoms with Crippen molar-refractivity contribution in [3.63, 3.8) is 0 Å². The molecule has 1 aromatic carbocycles. The van der Waals surface area contributed by atoms with Gasteiger partial charge >= 0.3 is 0 Å². The Labute approximate surface area is 115 Å². The SMILES string of the molecule is CCC(C)CNS(=O)(=O)c1cc(Br)c(F)cc1N. The van der Waals surface area contributed by atoms with Crippen LogP contribution in [0.5, 0.6) is 0 Å². The standard InChI is InChI=1S/C11H16BrFN2O2S/c1-3-7(2)6-15-18(16,17)11-4-8(12)9(13)5-10(11)14/h4-5,7,15H,3,6,14H2,1-2H3. The topological polar surface area (TPSA) is 72.2 Å². The van der Waals surface area contributed by atoms with Crippen molar-refractivity contribution in [1.82, 2.24) is 4.72 Å². The monoisotopic (exact) mass is 338 g/mol. The van der Waals surface area contributed by atoms with E-state index in [1.54, 1.807) is 0 Å². The fourth-order valence-corrected chi connectivity index (χ4v) is 3.05. The summed E-state index contributed by atoms with van der Waals surface area (Å²) in [6.45, 7) is 4.24. The summed E-state index contributed by atoms with van der Waals surface area (Å²) in [5.41, 5.74) is 5.43. The maximum Gasteiger partial charge on any atom is 0.242 e. The molecule has 0 heterocycles. The molecular weight excluding hydrogens is 323 g/mol. The fraction of sp³-hybridized carbons (Fsp3) is 0.455. The van der Waals surface area contributed by atoms with Gasteiger partial charge in [-0.3, -0.25) is 0 Å². The molecule has 1 unspecified atom stereocenters. The number of nitrogens with one attached hydrogen (secondary N) is 1. The highest BCUT2D eigenvalue weighted by atomic mass is 79.9. The molecule has 0 bridgehead atoms. The molecule has 1 rings (SSSR count). The molecule has 0 aliphatic rings. The lowest BCUT2D eigenvalue weighted by Gasteiger charge is -2.12. The van der Waals surface area contributed by atoms with Crippen LogP contribution < -0.4 is 10.5 Å². The minimum absolute atomic E-state index is 0.0700. The van der Waals surface area contributed by atoms with Gasteiger partial charge in [0.15, 0.2) is 0 Å². The molecule has 18 heavy (non-hydrogen) atoms. The van der Waals surface area contributed by atoms with E-state index in [9.17, 15) is 12.8 Å². The number of nitrogen functional groups attached to an aromatic ring is 1. The highest BCUT2D eigenvalue weighted by molar-refractivity contribution is 9.10. The maximum absolute atomic E-state index is 13.2. The Morgan fingerprint density at radius 3 is 2.67 bits per heavy atom. The number of rotatable bonds is 5. The Kier molecular flexibility index (Phi) is 5.12. The largest absolute Gasteiger partial charge is 0.398 e. The van der Waals surface area contributed by atoms with E-state index < -0.39 is 15.8 Å². The Morgan fingerprint density at radius 2 is 2.11 bits per heavy atom. The van der Waals surface area contributed by atoms with Gasteiger partial charge in [-0.2, -0.15) is 0 Å². The van der Waals surface area contributed by atoms with Crippen LogP contribution in [0.2, 0.25) is 0 Å². The molecule has 4 nitrogen and oxygen atoms in total. The van der Waals surface area contributed by atoms with E-state index in [0.717, 1.165) is 12.5 Å². The molecule has 0 amide bonds. The molecule has 0 spiro atoms. The summed E-state index contributed by atoms with van der Waals surface area (Å²) >= 11 is 2.94. The van der Waals surface area contributed by atoms with Crippen molar-refractivity contribution in [2.75, 3.05) is 12.3 Å². The first kappa shape index (κ1) is 15.4. The van der Waals surface area contributed by atoms with Crippen LogP contribution in [0.3, 0.4) is 0 Å². The molecule has 0 radical (unpaired) electrons. The second kappa shape index (κ2) is 5.99. The van der Waals surface area contributed by atoms with Gasteiger partial charge in [-0.25, -0.2) is 17.5 Å². The molecule has 102 valence electrons. The Morgan fingerprint density at radius 1 is 1.50 bits per heavy atom. The average Bonchev–Trinajstić information content (AvgIpc) is 2.30. The third-order valence-corrected chi connectivity index (χ3v) is 4.75. The molecule has 1 atom stereocenters. The lowest BCUT2D eigenvalue weighted by Crippen LogP contribution is -2.29. The molecule has 0 aromatic heterocycles. The summed E-state index contributed by atoms with van der Waals surface area (Å²) in [4.78, 5) is -0.112. The van der Waals surface area contributed by atoms with Crippen LogP contribution in [0.4, 0.5) is 10.1 Å². The summed E-state index contributed by atoms with van der Waals surface area (Å²) in [7, 11) is -3.71. The minimum Gasteiger partial charge on any atom is -0.398 e. The van der Waals surface area contributed by atoms with Crippen molar-refractivity contribution in [1.29, 1.82) is 0 Å². The third kappa shape index (κ3) is 3.66. The minimum atomic E-state index is -3.71. The molecule has 0 saturated heterocycles. The van der Waals surface area contributed by atoms with Gasteiger partial charge in [-0.1, -0.05) is 20.3 Å². The van der Waals surface area contributed by atoms with E-state index in [1.807, 2.05) is 13.8 Å². The quantitative estimate of drug-likeness (QED) is 0.810. The number of benzene rings is 1. The van der Waals surface area contributed by atoms with Crippen molar-refractivity contribution in [3.05, 3.63) is 22.4 Å². The van der Waals surface area contributed by atoms with Gasteiger partial charge in [-0.05, 0) is 34.0 Å². The van der Waals surface area contributed by atoms with Crippen molar-refractivity contribution < 1.29 is 12.8 Å². The first-order valence-corrected chi connectivity index (χ1v) is 7.79. The lowest BCUT2D eigenvalue weighted by atomic mass is 10.1. The van der Waals surface area contributed by atoms with Crippen LogP contribution in [0.15, 0.2) is 21.5 Å². The summed E-state index contributed by atoms with van der Waals surface area (Å²) < 4.78 is 39.7. The second-order valence-corrected chi connectivity index (χ2v) is 6.76. The molecule has 0 saturated carbocycles. The molecular formula is C11H16BrFN2O2S. The van der Waals surface area contributed by atoms with Crippen molar-refractivity contribution in [2.45, 2.75) is 25.2 Å². The van der Waals surface area contributed by atoms with Crippen molar-refractivity contribution in [3.8, 4) is 0 Å². The number of hydrogen-bond donors (Lipinski definition) is 2. The smallest absolute Gasteiger partial charge is 0.242 e. The highest BCUT2D eigenvalue weighted by Crippen LogP contribution is 2.26.